The second-order valence-electron chi connectivity index (χ2n) is 8.52. The average molecular weight is 502 g/mol. The molecule has 0 spiro atoms. The van der Waals surface area contributed by atoms with Gasteiger partial charge in [0.2, 0.25) is 5.88 Å². The van der Waals surface area contributed by atoms with Crippen molar-refractivity contribution >= 4 is 17.5 Å². The first kappa shape index (κ1) is 25.1. The van der Waals surface area contributed by atoms with Crippen molar-refractivity contribution in [2.24, 2.45) is 0 Å². The highest BCUT2D eigenvalue weighted by Crippen LogP contribution is 2.39. The van der Waals surface area contributed by atoms with E-state index in [4.69, 9.17) is 9.72 Å². The number of pyridine rings is 2. The van der Waals surface area contributed by atoms with Crippen LogP contribution >= 0.6 is 0 Å². The number of aryl methyl sites for hydroxylation is 1. The summed E-state index contributed by atoms with van der Waals surface area (Å²) in [6.07, 6.45) is 0.791. The fourth-order valence-electron chi connectivity index (χ4n) is 4.20. The van der Waals surface area contributed by atoms with Crippen LogP contribution in [0.25, 0.3) is 11.3 Å². The van der Waals surface area contributed by atoms with Crippen LogP contribution in [0.15, 0.2) is 30.7 Å². The predicted molar refractivity (Wildman–Crippen MR) is 125 cm³/mol. The molecule has 0 radical (unpaired) electrons. The molecule has 0 aromatic carbocycles. The highest BCUT2D eigenvalue weighted by molar-refractivity contribution is 6.11. The zero-order valence-electron chi connectivity index (χ0n) is 20.1. The van der Waals surface area contributed by atoms with Gasteiger partial charge in [0.1, 0.15) is 11.7 Å². The maximum absolute atomic E-state index is 13.4. The van der Waals surface area contributed by atoms with Crippen molar-refractivity contribution in [3.63, 3.8) is 0 Å². The van der Waals surface area contributed by atoms with Crippen LogP contribution in [0.4, 0.5) is 18.9 Å². The molecule has 190 valence electrons. The first-order valence-electron chi connectivity index (χ1n) is 11.2. The molecule has 2 atom stereocenters. The number of hydrogen-bond acceptors (Lipinski definition) is 6. The number of ether oxygens (including phenoxy) is 1. The van der Waals surface area contributed by atoms with Crippen LogP contribution in [0.1, 0.15) is 51.9 Å². The number of amides is 2. The van der Waals surface area contributed by atoms with Crippen molar-refractivity contribution in [3.05, 3.63) is 53.1 Å². The first-order valence-corrected chi connectivity index (χ1v) is 11.2. The van der Waals surface area contributed by atoms with Gasteiger partial charge in [-0.1, -0.05) is 0 Å². The topological polar surface area (TPSA) is 102 Å². The van der Waals surface area contributed by atoms with Crippen molar-refractivity contribution in [2.45, 2.75) is 46.0 Å². The fourth-order valence-corrected chi connectivity index (χ4v) is 4.20. The van der Waals surface area contributed by atoms with Gasteiger partial charge in [0, 0.05) is 18.0 Å². The largest absolute Gasteiger partial charge is 0.480 e. The Morgan fingerprint density at radius 1 is 1.25 bits per heavy atom. The lowest BCUT2D eigenvalue weighted by atomic mass is 10.0. The van der Waals surface area contributed by atoms with Crippen molar-refractivity contribution < 1.29 is 27.5 Å². The molecular weight excluding hydrogens is 477 g/mol. The zero-order chi connectivity index (χ0) is 26.1. The number of halogens is 3. The molecule has 4 rings (SSSR count). The Morgan fingerprint density at radius 3 is 2.67 bits per heavy atom. The summed E-state index contributed by atoms with van der Waals surface area (Å²) < 4.78 is 45.1. The van der Waals surface area contributed by atoms with E-state index in [0.717, 1.165) is 0 Å². The zero-order valence-corrected chi connectivity index (χ0v) is 20.1. The minimum Gasteiger partial charge on any atom is -0.480 e. The van der Waals surface area contributed by atoms with Gasteiger partial charge in [0.25, 0.3) is 18.2 Å². The van der Waals surface area contributed by atoms with Crippen molar-refractivity contribution in [1.29, 1.82) is 0 Å². The Labute approximate surface area is 205 Å². The van der Waals surface area contributed by atoms with E-state index < -0.39 is 31.1 Å². The Bertz CT molecular complexity index is 1310. The first-order chi connectivity index (χ1) is 17.1. The van der Waals surface area contributed by atoms with Gasteiger partial charge in [0.05, 0.1) is 55.1 Å². The summed E-state index contributed by atoms with van der Waals surface area (Å²) in [5.74, 6) is -1.02. The summed E-state index contributed by atoms with van der Waals surface area (Å²) in [5, 5.41) is 6.29. The lowest BCUT2D eigenvalue weighted by Gasteiger charge is -2.19. The van der Waals surface area contributed by atoms with Gasteiger partial charge in [-0.25, -0.2) is 23.1 Å². The maximum Gasteiger partial charge on any atom is 0.261 e. The Morgan fingerprint density at radius 2 is 2.00 bits per heavy atom. The van der Waals surface area contributed by atoms with Crippen molar-refractivity contribution in [1.82, 2.24) is 25.1 Å². The van der Waals surface area contributed by atoms with Crippen LogP contribution in [0.3, 0.4) is 0 Å². The molecule has 2 unspecified atom stereocenters. The smallest absolute Gasteiger partial charge is 0.261 e. The summed E-state index contributed by atoms with van der Waals surface area (Å²) in [4.78, 5) is 36.1. The highest BCUT2D eigenvalue weighted by atomic mass is 19.3. The molecule has 0 fully saturated rings. The van der Waals surface area contributed by atoms with Crippen molar-refractivity contribution in [2.75, 3.05) is 18.6 Å². The van der Waals surface area contributed by atoms with Crippen LogP contribution in [0.2, 0.25) is 0 Å². The van der Waals surface area contributed by atoms with E-state index >= 15 is 0 Å². The van der Waals surface area contributed by atoms with Gasteiger partial charge < -0.3 is 10.1 Å². The number of nitrogens with one attached hydrogen (secondary N) is 1. The van der Waals surface area contributed by atoms with E-state index in [-0.39, 0.29) is 23.9 Å². The van der Waals surface area contributed by atoms with E-state index in [1.165, 1.54) is 37.2 Å². The molecule has 1 N–H and O–H groups in total. The third kappa shape index (κ3) is 4.75. The Kier molecular flexibility index (Phi) is 6.95. The molecule has 12 heteroatoms. The van der Waals surface area contributed by atoms with E-state index in [1.54, 1.807) is 24.1 Å². The predicted octanol–water partition coefficient (Wildman–Crippen LogP) is 3.73. The number of alkyl halides is 3. The molecule has 0 aliphatic carbocycles. The molecule has 1 aliphatic heterocycles. The summed E-state index contributed by atoms with van der Waals surface area (Å²) >= 11 is 0. The van der Waals surface area contributed by atoms with E-state index in [2.05, 4.69) is 15.4 Å². The SMILES string of the molecule is COc1ncc(-c2cc(C)c3c(n2)C(C)N(c2cnn(CC(C)F)c2)C3=O)cc1C(=O)NCC(F)F. The Balaban J connectivity index is 1.69. The number of nitrogens with zero attached hydrogens (tertiary/aromatic N) is 5. The van der Waals surface area contributed by atoms with E-state index in [9.17, 15) is 22.8 Å². The molecule has 3 aromatic rings. The number of aromatic nitrogens is 4. The fraction of sp³-hybridized carbons (Fsp3) is 0.375. The minimum absolute atomic E-state index is 0.0160. The second kappa shape index (κ2) is 9.96. The molecule has 0 bridgehead atoms. The van der Waals surface area contributed by atoms with Crippen LogP contribution < -0.4 is 15.0 Å². The van der Waals surface area contributed by atoms with Crippen LogP contribution in [-0.2, 0) is 6.54 Å². The van der Waals surface area contributed by atoms with E-state index in [1.807, 2.05) is 6.92 Å². The molecule has 0 saturated heterocycles. The van der Waals surface area contributed by atoms with Gasteiger partial charge in [-0.2, -0.15) is 5.10 Å². The number of rotatable bonds is 8. The van der Waals surface area contributed by atoms with Gasteiger partial charge in [0.15, 0.2) is 0 Å². The summed E-state index contributed by atoms with van der Waals surface area (Å²) in [6, 6.07) is 2.72. The second-order valence-corrected chi connectivity index (χ2v) is 8.52. The third-order valence-electron chi connectivity index (χ3n) is 5.80. The quantitative estimate of drug-likeness (QED) is 0.504. The standard InChI is InChI=1S/C24H25F3N6O3/c1-12-5-18(15-6-17(23(36-4)29-7-15)22(34)28-9-19(26)27)31-21-14(3)33(24(35)20(12)21)16-8-30-32(11-16)10-13(2)25/h5-8,11,13-14,19H,9-10H2,1-4H3,(H,28,34). The van der Waals surface area contributed by atoms with E-state index in [0.29, 0.717) is 33.8 Å². The van der Waals surface area contributed by atoms with Gasteiger partial charge in [-0.15, -0.1) is 0 Å². The normalized spacial score (nSPS) is 15.8. The average Bonchev–Trinajstić information content (AvgIpc) is 3.38. The number of fused-ring (bicyclic) bond motifs is 1. The highest BCUT2D eigenvalue weighted by Gasteiger charge is 2.38. The van der Waals surface area contributed by atoms with Gasteiger partial charge >= 0.3 is 0 Å². The molecular formula is C24H25F3N6O3. The maximum atomic E-state index is 13.4. The monoisotopic (exact) mass is 502 g/mol. The molecule has 0 saturated carbocycles. The summed E-state index contributed by atoms with van der Waals surface area (Å²) in [7, 11) is 1.32. The van der Waals surface area contributed by atoms with Gasteiger partial charge in [-0.3, -0.25) is 19.2 Å². The molecule has 1 aliphatic rings. The number of anilines is 1. The van der Waals surface area contributed by atoms with Gasteiger partial charge in [-0.05, 0) is 38.5 Å². The van der Waals surface area contributed by atoms with Crippen LogP contribution in [0.5, 0.6) is 5.88 Å². The summed E-state index contributed by atoms with van der Waals surface area (Å²) in [6.45, 7) is 4.29. The Hall–Kier alpha value is -3.96. The molecule has 2 amide bonds. The van der Waals surface area contributed by atoms with Crippen LogP contribution in [0, 0.1) is 6.92 Å². The number of hydrogen-bond donors (Lipinski definition) is 1. The molecule has 4 heterocycles. The lowest BCUT2D eigenvalue weighted by Crippen LogP contribution is -2.29. The van der Waals surface area contributed by atoms with Crippen LogP contribution in [-0.4, -0.2) is 57.8 Å². The third-order valence-corrected chi connectivity index (χ3v) is 5.80. The number of methoxy groups -OCH3 is 1. The number of carbonyl (C=O) groups is 2. The van der Waals surface area contributed by atoms with Crippen molar-refractivity contribution in [3.8, 4) is 17.1 Å². The molecule has 3 aromatic heterocycles. The molecule has 9 nitrogen and oxygen atoms in total. The number of carbonyl (C=O) groups excluding carboxylic acids is 2. The lowest BCUT2D eigenvalue weighted by molar-refractivity contribution is 0.0887. The molecule has 36 heavy (non-hydrogen) atoms. The summed E-state index contributed by atoms with van der Waals surface area (Å²) in [5.41, 5.74) is 3.06. The minimum atomic E-state index is -2.70.